The van der Waals surface area contributed by atoms with E-state index >= 15 is 0 Å². The van der Waals surface area contributed by atoms with Crippen molar-refractivity contribution in [1.29, 1.82) is 0 Å². The van der Waals surface area contributed by atoms with E-state index in [-0.39, 0.29) is 5.41 Å². The van der Waals surface area contributed by atoms with E-state index in [1.807, 2.05) is 36.4 Å². The number of benzene rings is 7. The molecule has 7 aromatic carbocycles. The Balaban J connectivity index is 1.09. The summed E-state index contributed by atoms with van der Waals surface area (Å²) in [5.74, 6) is 5.26. The van der Waals surface area contributed by atoms with Crippen LogP contribution in [0.5, 0.6) is 0 Å². The van der Waals surface area contributed by atoms with Crippen molar-refractivity contribution in [3.8, 4) is 67.5 Å². The van der Waals surface area contributed by atoms with Crippen LogP contribution < -0.4 is 0 Å². The fourth-order valence-electron chi connectivity index (χ4n) is 11.8. The van der Waals surface area contributed by atoms with Crippen molar-refractivity contribution < 1.29 is 0 Å². The molecule has 4 fully saturated rings. The zero-order chi connectivity index (χ0) is 36.8. The highest BCUT2D eigenvalue weighted by atomic mass is 15.0. The maximum absolute atomic E-state index is 5.21. The lowest BCUT2D eigenvalue weighted by atomic mass is 9.43. The van der Waals surface area contributed by atoms with Gasteiger partial charge >= 0.3 is 0 Å². The number of aromatic nitrogens is 3. The fourth-order valence-corrected chi connectivity index (χ4v) is 11.8. The second-order valence-corrected chi connectivity index (χ2v) is 16.8. The Kier molecular flexibility index (Phi) is 7.11. The van der Waals surface area contributed by atoms with Crippen molar-refractivity contribution >= 4 is 10.8 Å². The first kappa shape index (κ1) is 32.1. The number of hydrogen-bond donors (Lipinski definition) is 0. The van der Waals surface area contributed by atoms with E-state index in [1.54, 1.807) is 11.1 Å². The molecule has 5 aliphatic carbocycles. The molecule has 4 bridgehead atoms. The largest absolute Gasteiger partial charge is 0.208 e. The van der Waals surface area contributed by atoms with Gasteiger partial charge in [-0.2, -0.15) is 0 Å². The average Bonchev–Trinajstić information content (AvgIpc) is 3.55. The number of fused-ring (bicyclic) bond motifs is 4. The summed E-state index contributed by atoms with van der Waals surface area (Å²) in [6, 6.07) is 59.7. The zero-order valence-electron chi connectivity index (χ0n) is 31.3. The Bertz CT molecular complexity index is 2730. The van der Waals surface area contributed by atoms with Crippen LogP contribution in [0.2, 0.25) is 0 Å². The third kappa shape index (κ3) is 4.86. The van der Waals surface area contributed by atoms with Gasteiger partial charge in [-0.15, -0.1) is 0 Å². The summed E-state index contributed by atoms with van der Waals surface area (Å²) in [6.07, 6.45) is 6.95. The van der Waals surface area contributed by atoms with E-state index in [4.69, 9.17) is 15.0 Å². The van der Waals surface area contributed by atoms with Crippen LogP contribution in [0.25, 0.3) is 78.3 Å². The lowest BCUT2D eigenvalue weighted by molar-refractivity contribution is -0.0399. The second kappa shape index (κ2) is 12.4. The second-order valence-electron chi connectivity index (χ2n) is 16.8. The maximum atomic E-state index is 5.21. The standard InChI is InChI=1S/C53H41N3/c1-3-13-36(14-4-1)50-54-51(37-15-5-2-6-16-37)56-52(55-50)41-30-39(29-40(31-41)45-20-11-17-35-12-7-8-18-44(35)45)38-22-23-47-46-19-9-10-21-48(46)53(49(47)32-38)42-25-33-24-34(27-42)28-43(53)26-33/h1-23,29-34,42-43H,24-28H2. The third-order valence-electron chi connectivity index (χ3n) is 13.9. The smallest absolute Gasteiger partial charge is 0.164 e. The fraction of sp³-hybridized carbons (Fsp3) is 0.189. The molecular weight excluding hydrogens is 679 g/mol. The first-order valence-electron chi connectivity index (χ1n) is 20.4. The molecule has 0 aliphatic heterocycles. The lowest BCUT2D eigenvalue weighted by Crippen LogP contribution is -2.55. The molecule has 0 radical (unpaired) electrons. The summed E-state index contributed by atoms with van der Waals surface area (Å²) in [4.78, 5) is 15.4. The SMILES string of the molecule is c1ccc(-c2nc(-c3ccccc3)nc(-c3cc(-c4ccc5c(c4)C4(c6ccccc6-5)C5CC6CC(C5)CC4C6)cc(-c4cccc5ccccc45)c3)n2)cc1. The average molecular weight is 720 g/mol. The summed E-state index contributed by atoms with van der Waals surface area (Å²) in [7, 11) is 0. The summed E-state index contributed by atoms with van der Waals surface area (Å²) in [5.41, 5.74) is 13.9. The molecule has 1 heterocycles. The maximum Gasteiger partial charge on any atom is 0.164 e. The van der Waals surface area contributed by atoms with E-state index < -0.39 is 0 Å². The minimum Gasteiger partial charge on any atom is -0.208 e. The van der Waals surface area contributed by atoms with Gasteiger partial charge in [0.25, 0.3) is 0 Å². The minimum atomic E-state index is 0.106. The van der Waals surface area contributed by atoms with Crippen molar-refractivity contribution in [3.05, 3.63) is 175 Å². The van der Waals surface area contributed by atoms with Crippen LogP contribution in [0.1, 0.15) is 43.2 Å². The highest BCUT2D eigenvalue weighted by Crippen LogP contribution is 2.69. The van der Waals surface area contributed by atoms with E-state index in [9.17, 15) is 0 Å². The molecule has 3 nitrogen and oxygen atoms in total. The van der Waals surface area contributed by atoms with E-state index in [0.717, 1.165) is 34.1 Å². The summed E-state index contributed by atoms with van der Waals surface area (Å²) in [5, 5.41) is 2.47. The molecule has 0 unspecified atom stereocenters. The molecule has 0 N–H and O–H groups in total. The molecule has 13 rings (SSSR count). The molecular formula is C53H41N3. The monoisotopic (exact) mass is 719 g/mol. The van der Waals surface area contributed by atoms with E-state index in [0.29, 0.717) is 29.3 Å². The van der Waals surface area contributed by atoms with E-state index in [2.05, 4.69) is 127 Å². The first-order valence-corrected chi connectivity index (χ1v) is 20.4. The van der Waals surface area contributed by atoms with Crippen molar-refractivity contribution in [2.24, 2.45) is 23.7 Å². The Morgan fingerprint density at radius 3 is 1.61 bits per heavy atom. The molecule has 3 heteroatoms. The Morgan fingerprint density at radius 2 is 0.893 bits per heavy atom. The molecule has 56 heavy (non-hydrogen) atoms. The van der Waals surface area contributed by atoms with Crippen LogP contribution in [0.15, 0.2) is 164 Å². The zero-order valence-corrected chi connectivity index (χ0v) is 31.3. The van der Waals surface area contributed by atoms with Crippen LogP contribution in [-0.4, -0.2) is 15.0 Å². The number of rotatable bonds is 5. The van der Waals surface area contributed by atoms with Crippen LogP contribution >= 0.6 is 0 Å². The highest BCUT2D eigenvalue weighted by molar-refractivity contribution is 5.98. The topological polar surface area (TPSA) is 38.7 Å². The predicted molar refractivity (Wildman–Crippen MR) is 228 cm³/mol. The normalized spacial score (nSPS) is 22.7. The summed E-state index contributed by atoms with van der Waals surface area (Å²) in [6.45, 7) is 0. The Labute approximate surface area is 328 Å². The predicted octanol–water partition coefficient (Wildman–Crippen LogP) is 13.1. The van der Waals surface area contributed by atoms with Gasteiger partial charge in [0.05, 0.1) is 0 Å². The minimum absolute atomic E-state index is 0.106. The van der Waals surface area contributed by atoms with Gasteiger partial charge in [-0.3, -0.25) is 0 Å². The van der Waals surface area contributed by atoms with Gasteiger partial charge in [0.1, 0.15) is 0 Å². The summed E-state index contributed by atoms with van der Waals surface area (Å²) >= 11 is 0. The van der Waals surface area contributed by atoms with Gasteiger partial charge < -0.3 is 0 Å². The molecule has 0 amide bonds. The Morgan fingerprint density at radius 1 is 0.357 bits per heavy atom. The third-order valence-corrected chi connectivity index (χ3v) is 13.9. The molecule has 1 aromatic heterocycles. The molecule has 0 atom stereocenters. The van der Waals surface area contributed by atoms with Crippen LogP contribution in [-0.2, 0) is 5.41 Å². The lowest BCUT2D eigenvalue weighted by Gasteiger charge is -2.61. The van der Waals surface area contributed by atoms with Crippen molar-refractivity contribution in [2.45, 2.75) is 37.5 Å². The van der Waals surface area contributed by atoms with Crippen LogP contribution in [0.3, 0.4) is 0 Å². The van der Waals surface area contributed by atoms with Gasteiger partial charge in [0, 0.05) is 22.1 Å². The first-order chi connectivity index (χ1) is 27.7. The van der Waals surface area contributed by atoms with Gasteiger partial charge in [-0.05, 0) is 135 Å². The molecule has 5 aliphatic rings. The van der Waals surface area contributed by atoms with Gasteiger partial charge in [-0.1, -0.05) is 140 Å². The van der Waals surface area contributed by atoms with Gasteiger partial charge in [0.15, 0.2) is 17.5 Å². The molecule has 4 saturated carbocycles. The van der Waals surface area contributed by atoms with Crippen LogP contribution in [0, 0.1) is 23.7 Å². The highest BCUT2D eigenvalue weighted by Gasteiger charge is 2.61. The van der Waals surface area contributed by atoms with Crippen molar-refractivity contribution in [1.82, 2.24) is 15.0 Å². The molecule has 1 spiro atoms. The molecule has 8 aromatic rings. The number of nitrogens with zero attached hydrogens (tertiary/aromatic N) is 3. The number of hydrogen-bond acceptors (Lipinski definition) is 3. The molecule has 268 valence electrons. The molecule has 0 saturated heterocycles. The van der Waals surface area contributed by atoms with Gasteiger partial charge in [-0.25, -0.2) is 15.0 Å². The van der Waals surface area contributed by atoms with E-state index in [1.165, 1.54) is 70.7 Å². The Hall–Kier alpha value is -6.19. The quantitative estimate of drug-likeness (QED) is 0.178. The summed E-state index contributed by atoms with van der Waals surface area (Å²) < 4.78 is 0. The van der Waals surface area contributed by atoms with Gasteiger partial charge in [0.2, 0.25) is 0 Å². The van der Waals surface area contributed by atoms with Crippen molar-refractivity contribution in [3.63, 3.8) is 0 Å². The van der Waals surface area contributed by atoms with Crippen LogP contribution in [0.4, 0.5) is 0 Å². The van der Waals surface area contributed by atoms with Crippen molar-refractivity contribution in [2.75, 3.05) is 0 Å².